The second kappa shape index (κ2) is 7.71. The Morgan fingerprint density at radius 1 is 1.36 bits per heavy atom. The number of nitrogen functional groups attached to an aromatic ring is 1. The predicted octanol–water partition coefficient (Wildman–Crippen LogP) is 2.97. The minimum Gasteiger partial charge on any atom is -0.462 e. The molecule has 0 bridgehead atoms. The highest BCUT2D eigenvalue weighted by Crippen LogP contribution is 2.40. The van der Waals surface area contributed by atoms with Gasteiger partial charge in [-0.15, -0.1) is 21.5 Å². The van der Waals surface area contributed by atoms with E-state index in [1.54, 1.807) is 13.8 Å². The van der Waals surface area contributed by atoms with Crippen LogP contribution in [0.1, 0.15) is 41.1 Å². The number of rotatable bonds is 6. The Balaban J connectivity index is 1.75. The van der Waals surface area contributed by atoms with Gasteiger partial charge in [-0.2, -0.15) is 0 Å². The SMILES string of the molecule is CCOC(=O)c1c(NC(=O)C(C)Sc2nnc(N)s2)sc2c1CCC2. The Bertz CT molecular complexity index is 802. The molecule has 1 unspecified atom stereocenters. The molecular weight excluding hydrogens is 380 g/mol. The number of ether oxygens (including phenoxy) is 1. The number of anilines is 2. The number of nitrogens with one attached hydrogen (secondary N) is 1. The summed E-state index contributed by atoms with van der Waals surface area (Å²) in [7, 11) is 0. The summed E-state index contributed by atoms with van der Waals surface area (Å²) in [5.41, 5.74) is 7.10. The quantitative estimate of drug-likeness (QED) is 0.569. The fourth-order valence-electron chi connectivity index (χ4n) is 2.60. The number of nitrogens with zero attached hydrogens (tertiary/aromatic N) is 2. The third-order valence-electron chi connectivity index (χ3n) is 3.71. The number of aryl methyl sites for hydroxylation is 1. The van der Waals surface area contributed by atoms with Gasteiger partial charge in [-0.05, 0) is 38.7 Å². The molecule has 3 N–H and O–H groups in total. The normalized spacial score (nSPS) is 14.2. The van der Waals surface area contributed by atoms with E-state index in [-0.39, 0.29) is 17.1 Å². The first-order chi connectivity index (χ1) is 12.0. The Labute approximate surface area is 157 Å². The second-order valence-electron chi connectivity index (χ2n) is 5.44. The van der Waals surface area contributed by atoms with Crippen LogP contribution in [0.5, 0.6) is 0 Å². The van der Waals surface area contributed by atoms with Crippen LogP contribution in [0, 0.1) is 0 Å². The molecule has 0 saturated carbocycles. The average molecular weight is 399 g/mol. The second-order valence-corrected chi connectivity index (χ2v) is 9.14. The molecular formula is C15H18N4O3S3. The Kier molecular flexibility index (Phi) is 5.60. The van der Waals surface area contributed by atoms with Gasteiger partial charge in [-0.3, -0.25) is 4.79 Å². The van der Waals surface area contributed by atoms with Gasteiger partial charge in [-0.25, -0.2) is 4.79 Å². The van der Waals surface area contributed by atoms with E-state index in [1.165, 1.54) is 34.4 Å². The minimum absolute atomic E-state index is 0.191. The minimum atomic E-state index is -0.390. The van der Waals surface area contributed by atoms with E-state index in [1.807, 2.05) is 0 Å². The molecule has 1 aliphatic carbocycles. The van der Waals surface area contributed by atoms with Gasteiger partial charge in [0.25, 0.3) is 0 Å². The molecule has 1 aliphatic rings. The zero-order chi connectivity index (χ0) is 18.0. The molecule has 0 fully saturated rings. The summed E-state index contributed by atoms with van der Waals surface area (Å²) in [6.07, 6.45) is 2.83. The summed E-state index contributed by atoms with van der Waals surface area (Å²) >= 11 is 4.00. The first-order valence-corrected chi connectivity index (χ1v) is 10.4. The monoisotopic (exact) mass is 398 g/mol. The largest absolute Gasteiger partial charge is 0.462 e. The van der Waals surface area contributed by atoms with Crippen LogP contribution in [0.15, 0.2) is 4.34 Å². The van der Waals surface area contributed by atoms with E-state index >= 15 is 0 Å². The van der Waals surface area contributed by atoms with Crippen LogP contribution in [0.2, 0.25) is 0 Å². The molecule has 0 radical (unpaired) electrons. The molecule has 3 rings (SSSR count). The van der Waals surface area contributed by atoms with Gasteiger partial charge >= 0.3 is 5.97 Å². The number of aromatic nitrogens is 2. The molecule has 25 heavy (non-hydrogen) atoms. The van der Waals surface area contributed by atoms with Gasteiger partial charge in [0, 0.05) is 4.88 Å². The van der Waals surface area contributed by atoms with Crippen molar-refractivity contribution in [3.05, 3.63) is 16.0 Å². The summed E-state index contributed by atoms with van der Waals surface area (Å²) in [5.74, 6) is -0.557. The molecule has 10 heteroatoms. The molecule has 2 heterocycles. The first-order valence-electron chi connectivity index (χ1n) is 7.87. The molecule has 0 spiro atoms. The molecule has 7 nitrogen and oxygen atoms in total. The number of thioether (sulfide) groups is 1. The predicted molar refractivity (Wildman–Crippen MR) is 101 cm³/mol. The number of hydrogen-bond acceptors (Lipinski definition) is 9. The lowest BCUT2D eigenvalue weighted by Gasteiger charge is -2.11. The molecule has 0 aliphatic heterocycles. The standard InChI is InChI=1S/C15H18N4O3S3/c1-3-22-13(21)10-8-5-4-6-9(8)24-12(10)17-11(20)7(2)23-15-19-18-14(16)25-15/h7H,3-6H2,1-2H3,(H2,16,18)(H,17,20). The van der Waals surface area contributed by atoms with E-state index in [0.29, 0.717) is 26.6 Å². The summed E-state index contributed by atoms with van der Waals surface area (Å²) < 4.78 is 5.81. The maximum Gasteiger partial charge on any atom is 0.341 e. The van der Waals surface area contributed by atoms with Crippen LogP contribution in [0.3, 0.4) is 0 Å². The third-order valence-corrected chi connectivity index (χ3v) is 6.85. The molecule has 1 amide bonds. The maximum absolute atomic E-state index is 12.5. The number of hydrogen-bond donors (Lipinski definition) is 2. The van der Waals surface area contributed by atoms with Crippen molar-refractivity contribution in [3.8, 4) is 0 Å². The summed E-state index contributed by atoms with van der Waals surface area (Å²) in [6, 6.07) is 0. The van der Waals surface area contributed by atoms with Crippen molar-refractivity contribution < 1.29 is 14.3 Å². The van der Waals surface area contributed by atoms with Crippen molar-refractivity contribution in [2.24, 2.45) is 0 Å². The van der Waals surface area contributed by atoms with E-state index in [0.717, 1.165) is 29.7 Å². The number of esters is 1. The fourth-order valence-corrected chi connectivity index (χ4v) is 5.66. The molecule has 0 aromatic carbocycles. The number of carbonyl (C=O) groups excluding carboxylic acids is 2. The van der Waals surface area contributed by atoms with Crippen LogP contribution in [0.4, 0.5) is 10.1 Å². The molecule has 134 valence electrons. The van der Waals surface area contributed by atoms with E-state index in [9.17, 15) is 9.59 Å². The van der Waals surface area contributed by atoms with Crippen molar-refractivity contribution in [1.82, 2.24) is 10.2 Å². The van der Waals surface area contributed by atoms with Crippen LogP contribution in [-0.4, -0.2) is 33.9 Å². The Morgan fingerprint density at radius 3 is 2.84 bits per heavy atom. The summed E-state index contributed by atoms with van der Waals surface area (Å²) in [6.45, 7) is 3.86. The lowest BCUT2D eigenvalue weighted by Crippen LogP contribution is -2.23. The highest BCUT2D eigenvalue weighted by molar-refractivity contribution is 8.02. The van der Waals surface area contributed by atoms with Crippen LogP contribution in [-0.2, 0) is 22.4 Å². The fraction of sp³-hybridized carbons (Fsp3) is 0.467. The first kappa shape index (κ1) is 18.2. The van der Waals surface area contributed by atoms with Gasteiger partial charge in [0.15, 0.2) is 4.34 Å². The van der Waals surface area contributed by atoms with Crippen LogP contribution < -0.4 is 11.1 Å². The smallest absolute Gasteiger partial charge is 0.341 e. The molecule has 1 atom stereocenters. The number of carbonyl (C=O) groups is 2. The van der Waals surface area contributed by atoms with Crippen molar-refractivity contribution in [2.45, 2.75) is 42.7 Å². The van der Waals surface area contributed by atoms with E-state index in [4.69, 9.17) is 10.5 Å². The number of thiophene rings is 1. The van der Waals surface area contributed by atoms with Gasteiger partial charge < -0.3 is 15.8 Å². The average Bonchev–Trinajstić information content (AvgIpc) is 3.23. The summed E-state index contributed by atoms with van der Waals surface area (Å²) in [4.78, 5) is 26.0. The van der Waals surface area contributed by atoms with Crippen molar-refractivity contribution in [3.63, 3.8) is 0 Å². The van der Waals surface area contributed by atoms with Gasteiger partial charge in [-0.1, -0.05) is 23.1 Å². The van der Waals surface area contributed by atoms with Gasteiger partial charge in [0.05, 0.1) is 17.4 Å². The lowest BCUT2D eigenvalue weighted by atomic mass is 10.1. The molecule has 2 aromatic heterocycles. The van der Waals surface area contributed by atoms with E-state index in [2.05, 4.69) is 15.5 Å². The number of amides is 1. The van der Waals surface area contributed by atoms with Crippen molar-refractivity contribution in [1.29, 1.82) is 0 Å². The lowest BCUT2D eigenvalue weighted by molar-refractivity contribution is -0.115. The molecule has 2 aromatic rings. The van der Waals surface area contributed by atoms with E-state index < -0.39 is 0 Å². The number of fused-ring (bicyclic) bond motifs is 1. The van der Waals surface area contributed by atoms with Crippen molar-refractivity contribution >= 4 is 56.4 Å². The highest BCUT2D eigenvalue weighted by Gasteiger charge is 2.29. The highest BCUT2D eigenvalue weighted by atomic mass is 32.2. The Morgan fingerprint density at radius 2 is 2.16 bits per heavy atom. The van der Waals surface area contributed by atoms with Crippen molar-refractivity contribution in [2.75, 3.05) is 17.7 Å². The van der Waals surface area contributed by atoms with Crippen LogP contribution in [0.25, 0.3) is 0 Å². The zero-order valence-corrected chi connectivity index (χ0v) is 16.3. The number of nitrogens with two attached hydrogens (primary N) is 1. The maximum atomic E-state index is 12.5. The molecule has 0 saturated heterocycles. The van der Waals surface area contributed by atoms with Gasteiger partial charge in [0.1, 0.15) is 5.00 Å². The zero-order valence-electron chi connectivity index (χ0n) is 13.8. The Hall–Kier alpha value is -1.65. The summed E-state index contributed by atoms with van der Waals surface area (Å²) in [5, 5.41) is 11.1. The van der Waals surface area contributed by atoms with Crippen LogP contribution >= 0.6 is 34.4 Å². The van der Waals surface area contributed by atoms with Gasteiger partial charge in [0.2, 0.25) is 11.0 Å². The topological polar surface area (TPSA) is 107 Å². The third kappa shape index (κ3) is 3.96.